The van der Waals surface area contributed by atoms with Crippen LogP contribution in [0, 0.1) is 13.8 Å². The molecule has 2 amide bonds. The number of hydrogen-bond donors (Lipinski definition) is 0. The van der Waals surface area contributed by atoms with Crippen molar-refractivity contribution < 1.29 is 9.59 Å². The van der Waals surface area contributed by atoms with Crippen molar-refractivity contribution in [2.75, 3.05) is 24.5 Å². The summed E-state index contributed by atoms with van der Waals surface area (Å²) in [5.41, 5.74) is 3.16. The normalized spacial score (nSPS) is 15.2. The number of aryl methyl sites for hydroxylation is 2. The average molecular weight is 316 g/mol. The molecule has 1 saturated heterocycles. The maximum absolute atomic E-state index is 12.4. The van der Waals surface area contributed by atoms with E-state index in [0.717, 1.165) is 37.2 Å². The van der Waals surface area contributed by atoms with Gasteiger partial charge in [0, 0.05) is 38.7 Å². The Balaban J connectivity index is 2.02. The van der Waals surface area contributed by atoms with Crippen LogP contribution < -0.4 is 4.90 Å². The summed E-state index contributed by atoms with van der Waals surface area (Å²) >= 11 is 0. The fourth-order valence-electron chi connectivity index (χ4n) is 3.24. The Morgan fingerprint density at radius 3 is 2.30 bits per heavy atom. The molecule has 1 aliphatic heterocycles. The molecular formula is C19H28N2O2. The minimum absolute atomic E-state index is 0.0133. The predicted molar refractivity (Wildman–Crippen MR) is 93.6 cm³/mol. The molecule has 0 saturated carbocycles. The first-order valence-electron chi connectivity index (χ1n) is 8.62. The molecule has 2 rings (SSSR count). The van der Waals surface area contributed by atoms with E-state index in [-0.39, 0.29) is 11.8 Å². The standard InChI is InChI=1S/C19H28N2O2/c1-15-8-9-18(16(2)14-15)21(17(3)22)13-10-19(23)20-11-6-4-5-7-12-20/h8-9,14H,4-7,10-13H2,1-3H3. The molecule has 1 aromatic rings. The Bertz CT molecular complexity index is 560. The van der Waals surface area contributed by atoms with Gasteiger partial charge in [-0.3, -0.25) is 9.59 Å². The fourth-order valence-corrected chi connectivity index (χ4v) is 3.24. The quantitative estimate of drug-likeness (QED) is 0.853. The average Bonchev–Trinajstić information content (AvgIpc) is 2.78. The smallest absolute Gasteiger partial charge is 0.224 e. The molecule has 0 atom stereocenters. The number of nitrogens with zero attached hydrogens (tertiary/aromatic N) is 2. The Hall–Kier alpha value is -1.84. The third kappa shape index (κ3) is 4.81. The van der Waals surface area contributed by atoms with Crippen LogP contribution in [-0.2, 0) is 9.59 Å². The molecule has 0 spiro atoms. The van der Waals surface area contributed by atoms with Crippen LogP contribution >= 0.6 is 0 Å². The van der Waals surface area contributed by atoms with Crippen LogP contribution in [0.5, 0.6) is 0 Å². The summed E-state index contributed by atoms with van der Waals surface area (Å²) in [5, 5.41) is 0. The Kier molecular flexibility index (Phi) is 6.20. The van der Waals surface area contributed by atoms with Crippen molar-refractivity contribution >= 4 is 17.5 Å². The maximum Gasteiger partial charge on any atom is 0.224 e. The zero-order valence-electron chi connectivity index (χ0n) is 14.6. The Labute approximate surface area is 139 Å². The highest BCUT2D eigenvalue weighted by Crippen LogP contribution is 2.22. The zero-order chi connectivity index (χ0) is 16.8. The van der Waals surface area contributed by atoms with E-state index in [1.807, 2.05) is 30.9 Å². The van der Waals surface area contributed by atoms with Gasteiger partial charge in [0.1, 0.15) is 0 Å². The summed E-state index contributed by atoms with van der Waals surface area (Å²) < 4.78 is 0. The molecule has 1 heterocycles. The minimum Gasteiger partial charge on any atom is -0.343 e. The monoisotopic (exact) mass is 316 g/mol. The van der Waals surface area contributed by atoms with Crippen LogP contribution in [0.15, 0.2) is 18.2 Å². The molecule has 0 aromatic heterocycles. The van der Waals surface area contributed by atoms with E-state index < -0.39 is 0 Å². The van der Waals surface area contributed by atoms with E-state index in [9.17, 15) is 9.59 Å². The highest BCUT2D eigenvalue weighted by Gasteiger charge is 2.19. The lowest BCUT2D eigenvalue weighted by atomic mass is 10.1. The summed E-state index contributed by atoms with van der Waals surface area (Å²) in [6, 6.07) is 6.05. The molecule has 0 unspecified atom stereocenters. The first-order valence-corrected chi connectivity index (χ1v) is 8.62. The minimum atomic E-state index is -0.0133. The van der Waals surface area contributed by atoms with Crippen molar-refractivity contribution in [2.24, 2.45) is 0 Å². The largest absolute Gasteiger partial charge is 0.343 e. The van der Waals surface area contributed by atoms with Gasteiger partial charge in [0.25, 0.3) is 0 Å². The topological polar surface area (TPSA) is 40.6 Å². The summed E-state index contributed by atoms with van der Waals surface area (Å²) in [6.45, 7) is 7.79. The van der Waals surface area contributed by atoms with E-state index in [2.05, 4.69) is 6.07 Å². The first-order chi connectivity index (χ1) is 11.0. The van der Waals surface area contributed by atoms with E-state index in [4.69, 9.17) is 0 Å². The van der Waals surface area contributed by atoms with Gasteiger partial charge < -0.3 is 9.80 Å². The summed E-state index contributed by atoms with van der Waals surface area (Å²) in [7, 11) is 0. The number of anilines is 1. The van der Waals surface area contributed by atoms with Crippen LogP contribution in [0.2, 0.25) is 0 Å². The molecule has 4 heteroatoms. The lowest BCUT2D eigenvalue weighted by Crippen LogP contribution is -2.37. The molecule has 1 aliphatic rings. The highest BCUT2D eigenvalue weighted by molar-refractivity contribution is 5.93. The van der Waals surface area contributed by atoms with Gasteiger partial charge in [-0.15, -0.1) is 0 Å². The molecule has 0 aliphatic carbocycles. The highest BCUT2D eigenvalue weighted by atomic mass is 16.2. The molecule has 23 heavy (non-hydrogen) atoms. The lowest BCUT2D eigenvalue weighted by molar-refractivity contribution is -0.131. The van der Waals surface area contributed by atoms with Crippen molar-refractivity contribution in [3.8, 4) is 0 Å². The van der Waals surface area contributed by atoms with Crippen LogP contribution in [0.25, 0.3) is 0 Å². The second-order valence-electron chi connectivity index (χ2n) is 6.51. The van der Waals surface area contributed by atoms with Gasteiger partial charge in [-0.1, -0.05) is 30.5 Å². The lowest BCUT2D eigenvalue weighted by Gasteiger charge is -2.25. The Morgan fingerprint density at radius 2 is 1.74 bits per heavy atom. The fraction of sp³-hybridized carbons (Fsp3) is 0.579. The van der Waals surface area contributed by atoms with Crippen LogP contribution in [-0.4, -0.2) is 36.3 Å². The second kappa shape index (κ2) is 8.14. The number of hydrogen-bond acceptors (Lipinski definition) is 2. The zero-order valence-corrected chi connectivity index (χ0v) is 14.6. The number of amides is 2. The van der Waals surface area contributed by atoms with Crippen LogP contribution in [0.1, 0.15) is 50.2 Å². The molecule has 0 N–H and O–H groups in total. The number of benzene rings is 1. The summed E-state index contributed by atoms with van der Waals surface area (Å²) in [4.78, 5) is 28.2. The number of likely N-dealkylation sites (tertiary alicyclic amines) is 1. The van der Waals surface area contributed by atoms with Gasteiger partial charge in [-0.25, -0.2) is 0 Å². The molecule has 1 aromatic carbocycles. The first kappa shape index (κ1) is 17.5. The summed E-state index contributed by atoms with van der Waals surface area (Å²) in [5.74, 6) is 0.156. The van der Waals surface area contributed by atoms with Gasteiger partial charge >= 0.3 is 0 Å². The molecule has 126 valence electrons. The molecule has 1 fully saturated rings. The van der Waals surface area contributed by atoms with Gasteiger partial charge in [0.15, 0.2) is 0 Å². The third-order valence-corrected chi connectivity index (χ3v) is 4.53. The predicted octanol–water partition coefficient (Wildman–Crippen LogP) is 3.45. The van der Waals surface area contributed by atoms with Crippen LogP contribution in [0.3, 0.4) is 0 Å². The Morgan fingerprint density at radius 1 is 1.09 bits per heavy atom. The SMILES string of the molecule is CC(=O)N(CCC(=O)N1CCCCCC1)c1ccc(C)cc1C. The van der Waals surface area contributed by atoms with Crippen molar-refractivity contribution in [3.05, 3.63) is 29.3 Å². The number of rotatable bonds is 4. The molecular weight excluding hydrogens is 288 g/mol. The summed E-state index contributed by atoms with van der Waals surface area (Å²) in [6.07, 6.45) is 5.02. The third-order valence-electron chi connectivity index (χ3n) is 4.53. The van der Waals surface area contributed by atoms with Crippen LogP contribution in [0.4, 0.5) is 5.69 Å². The maximum atomic E-state index is 12.4. The molecule has 4 nitrogen and oxygen atoms in total. The van der Waals surface area contributed by atoms with E-state index >= 15 is 0 Å². The van der Waals surface area contributed by atoms with Crippen molar-refractivity contribution in [2.45, 2.75) is 52.9 Å². The van der Waals surface area contributed by atoms with E-state index in [1.54, 1.807) is 11.8 Å². The van der Waals surface area contributed by atoms with Crippen molar-refractivity contribution in [1.29, 1.82) is 0 Å². The van der Waals surface area contributed by atoms with Crippen molar-refractivity contribution in [1.82, 2.24) is 4.90 Å². The van der Waals surface area contributed by atoms with Gasteiger partial charge in [0.05, 0.1) is 0 Å². The number of carbonyl (C=O) groups is 2. The second-order valence-corrected chi connectivity index (χ2v) is 6.51. The van der Waals surface area contributed by atoms with E-state index in [0.29, 0.717) is 13.0 Å². The van der Waals surface area contributed by atoms with Crippen molar-refractivity contribution in [3.63, 3.8) is 0 Å². The molecule has 0 radical (unpaired) electrons. The van der Waals surface area contributed by atoms with E-state index in [1.165, 1.54) is 18.4 Å². The van der Waals surface area contributed by atoms with Gasteiger partial charge in [-0.2, -0.15) is 0 Å². The molecule has 0 bridgehead atoms. The van der Waals surface area contributed by atoms with Gasteiger partial charge in [-0.05, 0) is 38.3 Å². The number of carbonyl (C=O) groups excluding carboxylic acids is 2. The van der Waals surface area contributed by atoms with Gasteiger partial charge in [0.2, 0.25) is 11.8 Å².